The molecule has 4 fully saturated rings. The molecule has 2 atom stereocenters. The Bertz CT molecular complexity index is 1130. The fourth-order valence-electron chi connectivity index (χ4n) is 6.37. The largest absolute Gasteiger partial charge is 0.451 e. The van der Waals surface area contributed by atoms with Crippen LogP contribution in [0.3, 0.4) is 0 Å². The summed E-state index contributed by atoms with van der Waals surface area (Å²) in [6.45, 7) is 0. The summed E-state index contributed by atoms with van der Waals surface area (Å²) in [5.41, 5.74) is -0.989. The van der Waals surface area contributed by atoms with Gasteiger partial charge in [0.05, 0.1) is 0 Å². The Hall–Kier alpha value is -3.24. The van der Waals surface area contributed by atoms with E-state index >= 15 is 0 Å². The van der Waals surface area contributed by atoms with E-state index in [2.05, 4.69) is 20.6 Å². The molecule has 34 heavy (non-hydrogen) atoms. The second-order valence-electron chi connectivity index (χ2n) is 9.72. The maximum absolute atomic E-state index is 13.6. The van der Waals surface area contributed by atoms with Gasteiger partial charge >= 0.3 is 12.3 Å². The molecule has 0 saturated heterocycles. The number of carbonyl (C=O) groups excluding carboxylic acids is 2. The lowest BCUT2D eigenvalue weighted by atomic mass is 9.50. The van der Waals surface area contributed by atoms with Gasteiger partial charge in [0.2, 0.25) is 11.7 Å². The molecule has 1 aromatic heterocycles. The highest BCUT2D eigenvalue weighted by atomic mass is 19.4. The summed E-state index contributed by atoms with van der Waals surface area (Å²) >= 11 is 0. The minimum atomic E-state index is -4.76. The van der Waals surface area contributed by atoms with Gasteiger partial charge in [-0.3, -0.25) is 4.79 Å². The van der Waals surface area contributed by atoms with Crippen molar-refractivity contribution >= 4 is 12.0 Å². The minimum absolute atomic E-state index is 0.224. The second-order valence-corrected chi connectivity index (χ2v) is 9.72. The van der Waals surface area contributed by atoms with Crippen molar-refractivity contribution < 1.29 is 31.9 Å². The highest BCUT2D eigenvalue weighted by Crippen LogP contribution is 2.57. The number of carbonyl (C=O) groups is 2. The van der Waals surface area contributed by atoms with Crippen LogP contribution in [0, 0.1) is 17.7 Å². The number of ether oxygens (including phenoxy) is 1. The van der Waals surface area contributed by atoms with Crippen molar-refractivity contribution in [1.82, 2.24) is 20.6 Å². The molecule has 1 aromatic carbocycles. The van der Waals surface area contributed by atoms with Gasteiger partial charge < -0.3 is 15.4 Å². The first-order chi connectivity index (χ1) is 16.0. The van der Waals surface area contributed by atoms with E-state index in [1.807, 2.05) is 0 Å². The van der Waals surface area contributed by atoms with Crippen LogP contribution in [0.2, 0.25) is 0 Å². The molecule has 7 nitrogen and oxygen atoms in total. The summed E-state index contributed by atoms with van der Waals surface area (Å²) in [4.78, 5) is 31.9. The third-order valence-electron chi connectivity index (χ3n) is 6.97. The van der Waals surface area contributed by atoms with Gasteiger partial charge in [0.25, 0.3) is 5.91 Å². The highest BCUT2D eigenvalue weighted by molar-refractivity contribution is 5.94. The number of hydrogen-bond donors (Lipinski definition) is 2. The van der Waals surface area contributed by atoms with Crippen LogP contribution in [-0.4, -0.2) is 33.0 Å². The maximum Gasteiger partial charge on any atom is 0.451 e. The first-order valence-corrected chi connectivity index (χ1v) is 11.0. The zero-order valence-electron chi connectivity index (χ0n) is 18.0. The Morgan fingerprint density at radius 1 is 1.03 bits per heavy atom. The van der Waals surface area contributed by atoms with E-state index in [1.165, 1.54) is 18.2 Å². The molecule has 180 valence electrons. The van der Waals surface area contributed by atoms with E-state index < -0.39 is 40.9 Å². The quantitative estimate of drug-likeness (QED) is 0.642. The molecule has 4 aliphatic rings. The van der Waals surface area contributed by atoms with Crippen LogP contribution in [0.1, 0.15) is 54.7 Å². The van der Waals surface area contributed by atoms with Gasteiger partial charge in [0.15, 0.2) is 0 Å². The number of alkyl halides is 3. The van der Waals surface area contributed by atoms with Crippen LogP contribution in [0.25, 0.3) is 0 Å². The number of benzene rings is 1. The normalized spacial score (nSPS) is 29.5. The van der Waals surface area contributed by atoms with Crippen molar-refractivity contribution in [3.63, 3.8) is 0 Å². The molecule has 2 aromatic rings. The maximum atomic E-state index is 13.6. The summed E-state index contributed by atoms with van der Waals surface area (Å²) in [5, 5.41) is 5.96. The molecule has 4 aliphatic carbocycles. The summed E-state index contributed by atoms with van der Waals surface area (Å²) in [7, 11) is 0. The van der Waals surface area contributed by atoms with Gasteiger partial charge in [-0.25, -0.2) is 14.2 Å². The fourth-order valence-corrected chi connectivity index (χ4v) is 6.37. The first-order valence-electron chi connectivity index (χ1n) is 11.0. The van der Waals surface area contributed by atoms with Crippen molar-refractivity contribution in [2.24, 2.45) is 11.8 Å². The monoisotopic (exact) mass is 478 g/mol. The number of halogens is 4. The lowest BCUT2D eigenvalue weighted by Gasteiger charge is -2.62. The summed E-state index contributed by atoms with van der Waals surface area (Å²) in [6.07, 6.45) is -0.463. The molecule has 2 unspecified atom stereocenters. The third-order valence-corrected chi connectivity index (χ3v) is 6.97. The number of hydrogen-bond acceptors (Lipinski definition) is 5. The molecule has 2 amide bonds. The van der Waals surface area contributed by atoms with E-state index in [-0.39, 0.29) is 23.3 Å². The van der Waals surface area contributed by atoms with Gasteiger partial charge in [-0.05, 0) is 68.6 Å². The molecule has 6 rings (SSSR count). The third kappa shape index (κ3) is 4.43. The Balaban J connectivity index is 1.31. The number of rotatable bonds is 4. The van der Waals surface area contributed by atoms with E-state index in [9.17, 15) is 27.2 Å². The van der Waals surface area contributed by atoms with Crippen LogP contribution in [0.4, 0.5) is 22.4 Å². The molecular weight excluding hydrogens is 456 g/mol. The number of nitrogens with one attached hydrogen (secondary N) is 2. The fraction of sp³-hybridized carbons (Fsp3) is 0.478. The average Bonchev–Trinajstić information content (AvgIpc) is 2.71. The number of nitrogens with zero attached hydrogens (tertiary/aromatic N) is 2. The number of amides is 2. The first kappa shape index (κ1) is 22.5. The van der Waals surface area contributed by atoms with E-state index in [1.54, 1.807) is 6.07 Å². The minimum Gasteiger partial charge on any atom is -0.391 e. The topological polar surface area (TPSA) is 93.2 Å². The molecular formula is C23H22F4N4O3. The average molecular weight is 478 g/mol. The van der Waals surface area contributed by atoms with Crippen LogP contribution in [-0.2, 0) is 6.18 Å². The van der Waals surface area contributed by atoms with Crippen LogP contribution >= 0.6 is 0 Å². The molecule has 4 saturated carbocycles. The summed E-state index contributed by atoms with van der Waals surface area (Å²) in [6, 6.07) is 6.54. The van der Waals surface area contributed by atoms with Gasteiger partial charge in [-0.15, -0.1) is 0 Å². The summed E-state index contributed by atoms with van der Waals surface area (Å²) < 4.78 is 57.2. The van der Waals surface area contributed by atoms with Crippen LogP contribution in [0.5, 0.6) is 5.88 Å². The Kier molecular flexibility index (Phi) is 5.25. The van der Waals surface area contributed by atoms with E-state index in [4.69, 9.17) is 4.74 Å². The molecule has 0 aliphatic heterocycles. The van der Waals surface area contributed by atoms with Crippen molar-refractivity contribution in [1.29, 1.82) is 0 Å². The Morgan fingerprint density at radius 3 is 2.35 bits per heavy atom. The predicted octanol–water partition coefficient (Wildman–Crippen LogP) is 4.24. The van der Waals surface area contributed by atoms with E-state index in [0.29, 0.717) is 19.3 Å². The van der Waals surface area contributed by atoms with Gasteiger partial charge in [-0.1, -0.05) is 6.07 Å². The zero-order chi connectivity index (χ0) is 24.1. The highest BCUT2D eigenvalue weighted by Gasteiger charge is 2.59. The summed E-state index contributed by atoms with van der Waals surface area (Å²) in [5.74, 6) is -2.24. The van der Waals surface area contributed by atoms with Gasteiger partial charge in [0.1, 0.15) is 5.82 Å². The molecule has 11 heteroatoms. The lowest BCUT2D eigenvalue weighted by Crippen LogP contribution is -2.70. The van der Waals surface area contributed by atoms with Crippen LogP contribution < -0.4 is 15.4 Å². The van der Waals surface area contributed by atoms with E-state index in [0.717, 1.165) is 31.5 Å². The molecule has 2 N–H and O–H groups in total. The second kappa shape index (κ2) is 7.92. The lowest BCUT2D eigenvalue weighted by molar-refractivity contribution is -0.145. The molecule has 4 bridgehead atoms. The predicted molar refractivity (Wildman–Crippen MR) is 110 cm³/mol. The zero-order valence-corrected chi connectivity index (χ0v) is 18.0. The number of aromatic nitrogens is 2. The molecule has 0 spiro atoms. The standard InChI is InChI=1S/C23H22F4N4O3/c24-16-3-1-2-15(7-16)18(32)30-21-8-13-6-14(9-21)11-22(10-13,12-21)31-20(33)34-17-4-5-28-19(29-17)23(25,26)27/h1-5,7,13-14H,6,8-12H2,(H,30,32)(H,31,33). The smallest absolute Gasteiger partial charge is 0.391 e. The van der Waals surface area contributed by atoms with Crippen molar-refractivity contribution in [2.45, 2.75) is 55.8 Å². The van der Waals surface area contributed by atoms with Gasteiger partial charge in [0, 0.05) is 28.9 Å². The Morgan fingerprint density at radius 2 is 1.71 bits per heavy atom. The molecule has 1 heterocycles. The van der Waals surface area contributed by atoms with Crippen molar-refractivity contribution in [2.75, 3.05) is 0 Å². The van der Waals surface area contributed by atoms with Gasteiger partial charge in [-0.2, -0.15) is 18.2 Å². The SMILES string of the molecule is O=C(NC12CC3CC(C1)CC(NC(=O)c1cccc(F)c1)(C3)C2)Oc1ccnc(C(F)(F)F)n1. The van der Waals surface area contributed by atoms with Crippen molar-refractivity contribution in [3.05, 3.63) is 53.7 Å². The Labute approximate surface area is 192 Å². The van der Waals surface area contributed by atoms with Crippen molar-refractivity contribution in [3.8, 4) is 5.88 Å². The molecule has 0 radical (unpaired) electrons. The van der Waals surface area contributed by atoms with Crippen LogP contribution in [0.15, 0.2) is 36.5 Å².